The highest BCUT2D eigenvalue weighted by molar-refractivity contribution is 6.33. The fourth-order valence-corrected chi connectivity index (χ4v) is 2.20. The number of carbonyl (C=O) groups excluding carboxylic acids is 1. The molecule has 2 N–H and O–H groups in total. The van der Waals surface area contributed by atoms with Crippen LogP contribution >= 0.6 is 11.6 Å². The normalized spacial score (nSPS) is 10.9. The van der Waals surface area contributed by atoms with Gasteiger partial charge in [0.1, 0.15) is 11.5 Å². The van der Waals surface area contributed by atoms with E-state index in [-0.39, 0.29) is 11.8 Å². The van der Waals surface area contributed by atoms with E-state index < -0.39 is 0 Å². The molecule has 1 heterocycles. The highest BCUT2D eigenvalue weighted by Crippen LogP contribution is 2.28. The molecule has 0 radical (unpaired) electrons. The lowest BCUT2D eigenvalue weighted by Gasteiger charge is -2.07. The van der Waals surface area contributed by atoms with E-state index in [1.54, 1.807) is 0 Å². The second kappa shape index (κ2) is 8.01. The van der Waals surface area contributed by atoms with Crippen molar-refractivity contribution in [3.63, 3.8) is 0 Å². The smallest absolute Gasteiger partial charge is 0.222 e. The largest absolute Gasteiger partial charge is 0.460 e. The highest BCUT2D eigenvalue weighted by Gasteiger charge is 2.08. The third-order valence-corrected chi connectivity index (χ3v) is 3.56. The van der Waals surface area contributed by atoms with Crippen LogP contribution in [0.25, 0.3) is 11.3 Å². The molecule has 0 spiro atoms. The van der Waals surface area contributed by atoms with Crippen molar-refractivity contribution in [2.24, 2.45) is 5.92 Å². The van der Waals surface area contributed by atoms with E-state index in [4.69, 9.17) is 16.0 Å². The number of carbonyl (C=O) groups is 1. The fraction of sp³-hybridized carbons (Fsp3) is 0.353. The first kappa shape index (κ1) is 16.6. The molecule has 0 saturated heterocycles. The average Bonchev–Trinajstić information content (AvgIpc) is 2.95. The summed E-state index contributed by atoms with van der Waals surface area (Å²) in [6.45, 7) is 5.67. The minimum atomic E-state index is 0.0169. The first-order valence-electron chi connectivity index (χ1n) is 7.40. The van der Waals surface area contributed by atoms with E-state index >= 15 is 0 Å². The van der Waals surface area contributed by atoms with Crippen LogP contribution in [0.1, 0.15) is 19.6 Å². The van der Waals surface area contributed by atoms with Crippen molar-refractivity contribution >= 4 is 17.5 Å². The molecule has 0 saturated carbocycles. The molecular weight excluding hydrogens is 300 g/mol. The summed E-state index contributed by atoms with van der Waals surface area (Å²) in [5, 5.41) is 6.77. The van der Waals surface area contributed by atoms with Gasteiger partial charge >= 0.3 is 0 Å². The van der Waals surface area contributed by atoms with Crippen LogP contribution in [-0.2, 0) is 11.3 Å². The Hall–Kier alpha value is -1.78. The number of nitrogens with one attached hydrogen (secondary N) is 2. The molecule has 1 aromatic carbocycles. The van der Waals surface area contributed by atoms with Crippen LogP contribution in [0, 0.1) is 5.92 Å². The van der Waals surface area contributed by atoms with E-state index in [9.17, 15) is 4.79 Å². The maximum atomic E-state index is 11.4. The van der Waals surface area contributed by atoms with Gasteiger partial charge in [-0.1, -0.05) is 37.6 Å². The van der Waals surface area contributed by atoms with Crippen LogP contribution in [0.15, 0.2) is 40.8 Å². The third-order valence-electron chi connectivity index (χ3n) is 3.23. The van der Waals surface area contributed by atoms with Crippen molar-refractivity contribution in [3.8, 4) is 11.3 Å². The molecule has 2 rings (SSSR count). The molecule has 4 nitrogen and oxygen atoms in total. The van der Waals surface area contributed by atoms with E-state index in [1.165, 1.54) is 0 Å². The Labute approximate surface area is 135 Å². The second-order valence-corrected chi connectivity index (χ2v) is 5.78. The lowest BCUT2D eigenvalue weighted by atomic mass is 10.2. The third kappa shape index (κ3) is 4.61. The van der Waals surface area contributed by atoms with Crippen molar-refractivity contribution in [1.82, 2.24) is 10.6 Å². The number of furan rings is 1. The Bertz CT molecular complexity index is 623. The molecule has 5 heteroatoms. The molecule has 118 valence electrons. The van der Waals surface area contributed by atoms with Crippen LogP contribution in [0.2, 0.25) is 5.02 Å². The van der Waals surface area contributed by atoms with Crippen LogP contribution in [0.3, 0.4) is 0 Å². The van der Waals surface area contributed by atoms with Gasteiger partial charge in [-0.2, -0.15) is 0 Å². The summed E-state index contributed by atoms with van der Waals surface area (Å²) in [4.78, 5) is 11.4. The van der Waals surface area contributed by atoms with Gasteiger partial charge in [-0.05, 0) is 24.3 Å². The summed E-state index contributed by atoms with van der Waals surface area (Å²) in [6, 6.07) is 11.4. The number of benzene rings is 1. The summed E-state index contributed by atoms with van der Waals surface area (Å²) in [7, 11) is 0. The minimum Gasteiger partial charge on any atom is -0.460 e. The Morgan fingerprint density at radius 1 is 1.18 bits per heavy atom. The van der Waals surface area contributed by atoms with Gasteiger partial charge in [0.15, 0.2) is 0 Å². The quantitative estimate of drug-likeness (QED) is 0.768. The first-order chi connectivity index (χ1) is 10.6. The van der Waals surface area contributed by atoms with Gasteiger partial charge in [-0.15, -0.1) is 0 Å². The maximum absolute atomic E-state index is 11.4. The monoisotopic (exact) mass is 320 g/mol. The molecule has 1 aromatic heterocycles. The Morgan fingerprint density at radius 3 is 2.68 bits per heavy atom. The zero-order valence-corrected chi connectivity index (χ0v) is 13.6. The SMILES string of the molecule is CC(C)C(=O)NCCNCc1ccc(-c2ccccc2Cl)o1. The van der Waals surface area contributed by atoms with Gasteiger partial charge < -0.3 is 15.1 Å². The van der Waals surface area contributed by atoms with Crippen molar-refractivity contribution in [3.05, 3.63) is 47.2 Å². The molecule has 0 aliphatic rings. The number of hydrogen-bond acceptors (Lipinski definition) is 3. The average molecular weight is 321 g/mol. The Balaban J connectivity index is 1.79. The molecule has 1 amide bonds. The second-order valence-electron chi connectivity index (χ2n) is 5.37. The van der Waals surface area contributed by atoms with E-state index in [2.05, 4.69) is 10.6 Å². The standard InChI is InChI=1S/C17H21ClN2O2/c1-12(2)17(21)20-10-9-19-11-13-7-8-16(22-13)14-5-3-4-6-15(14)18/h3-8,12,19H,9-11H2,1-2H3,(H,20,21). The van der Waals surface area contributed by atoms with Crippen molar-refractivity contribution in [2.75, 3.05) is 13.1 Å². The lowest BCUT2D eigenvalue weighted by Crippen LogP contribution is -2.34. The summed E-state index contributed by atoms with van der Waals surface area (Å²) in [5.74, 6) is 1.68. The van der Waals surface area contributed by atoms with Gasteiger partial charge in [0.2, 0.25) is 5.91 Å². The molecule has 2 aromatic rings. The number of amides is 1. The first-order valence-corrected chi connectivity index (χ1v) is 7.77. The summed E-state index contributed by atoms with van der Waals surface area (Å²) in [6.07, 6.45) is 0. The van der Waals surface area contributed by atoms with E-state index in [1.807, 2.05) is 50.2 Å². The summed E-state index contributed by atoms with van der Waals surface area (Å²) < 4.78 is 5.78. The van der Waals surface area contributed by atoms with Crippen LogP contribution in [0.4, 0.5) is 0 Å². The molecule has 0 aliphatic carbocycles. The molecule has 0 fully saturated rings. The molecule has 0 unspecified atom stereocenters. The number of hydrogen-bond donors (Lipinski definition) is 2. The van der Waals surface area contributed by atoms with E-state index in [0.717, 1.165) is 17.1 Å². The molecule has 0 atom stereocenters. The van der Waals surface area contributed by atoms with Gasteiger partial charge in [0.25, 0.3) is 0 Å². The topological polar surface area (TPSA) is 54.3 Å². The molecule has 0 aliphatic heterocycles. The predicted octanol–water partition coefficient (Wildman–Crippen LogP) is 3.46. The summed E-state index contributed by atoms with van der Waals surface area (Å²) >= 11 is 6.15. The molecule has 22 heavy (non-hydrogen) atoms. The minimum absolute atomic E-state index is 0.0169. The number of halogens is 1. The number of rotatable bonds is 7. The predicted molar refractivity (Wildman–Crippen MR) is 88.7 cm³/mol. The van der Waals surface area contributed by atoms with Crippen molar-refractivity contribution in [2.45, 2.75) is 20.4 Å². The van der Waals surface area contributed by atoms with Gasteiger partial charge in [0, 0.05) is 24.6 Å². The molecular formula is C17H21ClN2O2. The van der Waals surface area contributed by atoms with Crippen LogP contribution in [-0.4, -0.2) is 19.0 Å². The van der Waals surface area contributed by atoms with Gasteiger partial charge in [-0.25, -0.2) is 0 Å². The van der Waals surface area contributed by atoms with Gasteiger partial charge in [0.05, 0.1) is 11.6 Å². The van der Waals surface area contributed by atoms with Crippen molar-refractivity contribution in [1.29, 1.82) is 0 Å². The zero-order chi connectivity index (χ0) is 15.9. The van der Waals surface area contributed by atoms with Crippen LogP contribution in [0.5, 0.6) is 0 Å². The zero-order valence-electron chi connectivity index (χ0n) is 12.9. The summed E-state index contributed by atoms with van der Waals surface area (Å²) in [5.41, 5.74) is 0.889. The fourth-order valence-electron chi connectivity index (χ4n) is 1.97. The van der Waals surface area contributed by atoms with Crippen molar-refractivity contribution < 1.29 is 9.21 Å². The Kier molecular flexibility index (Phi) is 6.04. The maximum Gasteiger partial charge on any atom is 0.222 e. The molecule has 0 bridgehead atoms. The van der Waals surface area contributed by atoms with E-state index in [0.29, 0.717) is 24.7 Å². The highest BCUT2D eigenvalue weighted by atomic mass is 35.5. The van der Waals surface area contributed by atoms with Crippen LogP contribution < -0.4 is 10.6 Å². The lowest BCUT2D eigenvalue weighted by molar-refractivity contribution is -0.123. The van der Waals surface area contributed by atoms with Gasteiger partial charge in [-0.3, -0.25) is 4.79 Å². The Morgan fingerprint density at radius 2 is 1.95 bits per heavy atom.